The number of nitrogens with one attached hydrogen (secondary N) is 1. The van der Waals surface area contributed by atoms with Gasteiger partial charge in [0.05, 0.1) is 17.7 Å². The molecular formula is C34H36Cl2N6O. The van der Waals surface area contributed by atoms with Crippen molar-refractivity contribution in [2.24, 2.45) is 0 Å². The Labute approximate surface area is 262 Å². The third-order valence-electron chi connectivity index (χ3n) is 8.34. The van der Waals surface area contributed by atoms with E-state index in [4.69, 9.17) is 28.2 Å². The minimum absolute atomic E-state index is 0.0101. The first-order chi connectivity index (χ1) is 20.8. The number of hydrogen-bond donors (Lipinski definition) is 1. The van der Waals surface area contributed by atoms with Crippen molar-refractivity contribution < 1.29 is 4.79 Å². The molecule has 6 rings (SSSR count). The highest BCUT2D eigenvalue weighted by Gasteiger charge is 2.33. The van der Waals surface area contributed by atoms with Crippen LogP contribution in [0.2, 0.25) is 10.0 Å². The van der Waals surface area contributed by atoms with E-state index in [1.165, 1.54) is 0 Å². The molecule has 3 heterocycles. The third-order valence-corrected chi connectivity index (χ3v) is 8.82. The van der Waals surface area contributed by atoms with Gasteiger partial charge in [0.15, 0.2) is 0 Å². The van der Waals surface area contributed by atoms with E-state index in [1.54, 1.807) is 0 Å². The molecule has 1 aliphatic heterocycles. The Balaban J connectivity index is 1.45. The summed E-state index contributed by atoms with van der Waals surface area (Å²) in [6, 6.07) is 24.0. The second-order valence-electron chi connectivity index (χ2n) is 11.6. The maximum atomic E-state index is 14.4. The van der Waals surface area contributed by atoms with Crippen molar-refractivity contribution in [1.82, 2.24) is 29.2 Å². The maximum Gasteiger partial charge on any atom is 0.271 e. The van der Waals surface area contributed by atoms with Gasteiger partial charge >= 0.3 is 0 Å². The van der Waals surface area contributed by atoms with Crippen LogP contribution in [0.3, 0.4) is 0 Å². The number of H-pyrrole nitrogens is 1. The van der Waals surface area contributed by atoms with Gasteiger partial charge in [0, 0.05) is 70.8 Å². The van der Waals surface area contributed by atoms with E-state index in [0.29, 0.717) is 41.4 Å². The van der Waals surface area contributed by atoms with Crippen LogP contribution in [-0.2, 0) is 6.54 Å². The minimum Gasteiger partial charge on any atom is -0.350 e. The fourth-order valence-corrected chi connectivity index (χ4v) is 6.22. The van der Waals surface area contributed by atoms with E-state index < -0.39 is 0 Å². The maximum absolute atomic E-state index is 14.4. The fourth-order valence-electron chi connectivity index (χ4n) is 5.92. The first-order valence-corrected chi connectivity index (χ1v) is 15.3. The Kier molecular flexibility index (Phi) is 8.59. The highest BCUT2D eigenvalue weighted by molar-refractivity contribution is 6.31. The van der Waals surface area contributed by atoms with Crippen LogP contribution in [0.1, 0.15) is 22.5 Å². The standard InChI is InChI=1S/C34H36Cl2N6O/c1-39(2)17-18-40(3)27-15-16-41(21-27)34(43)32-30(28-14-13-26(36)19-29(28)38-32)33-31(24-7-5-4-6-8-24)37-22-42(33)20-23-9-11-25(35)12-10-23/h4-14,19,22,27,38H,15-18,20-21H2,1-3H3. The quantitative estimate of drug-likeness (QED) is 0.199. The molecule has 1 unspecified atom stereocenters. The zero-order valence-corrected chi connectivity index (χ0v) is 26.2. The van der Waals surface area contributed by atoms with Crippen molar-refractivity contribution in [3.05, 3.63) is 100 Å². The summed E-state index contributed by atoms with van der Waals surface area (Å²) in [6.07, 6.45) is 2.81. The molecule has 43 heavy (non-hydrogen) atoms. The topological polar surface area (TPSA) is 60.4 Å². The van der Waals surface area contributed by atoms with Crippen LogP contribution in [0, 0.1) is 0 Å². The minimum atomic E-state index is -0.0101. The number of carbonyl (C=O) groups excluding carboxylic acids is 1. The molecule has 3 aromatic carbocycles. The molecule has 0 spiro atoms. The number of likely N-dealkylation sites (N-methyl/N-ethyl adjacent to an activating group) is 2. The van der Waals surface area contributed by atoms with Gasteiger partial charge < -0.3 is 24.3 Å². The molecule has 0 bridgehead atoms. The van der Waals surface area contributed by atoms with Crippen LogP contribution >= 0.6 is 23.2 Å². The summed E-state index contributed by atoms with van der Waals surface area (Å²) < 4.78 is 2.13. The number of hydrogen-bond acceptors (Lipinski definition) is 4. The van der Waals surface area contributed by atoms with E-state index >= 15 is 0 Å². The lowest BCUT2D eigenvalue weighted by molar-refractivity contribution is 0.0775. The molecule has 222 valence electrons. The third kappa shape index (κ3) is 6.22. The molecule has 1 fully saturated rings. The number of rotatable bonds is 9. The van der Waals surface area contributed by atoms with Crippen molar-refractivity contribution in [2.45, 2.75) is 19.0 Å². The van der Waals surface area contributed by atoms with E-state index in [-0.39, 0.29) is 5.91 Å². The summed E-state index contributed by atoms with van der Waals surface area (Å²) in [5, 5.41) is 2.24. The molecule has 1 saturated heterocycles. The number of nitrogens with zero attached hydrogens (tertiary/aromatic N) is 5. The molecule has 5 aromatic rings. The Bertz CT molecular complexity index is 1730. The highest BCUT2D eigenvalue weighted by atomic mass is 35.5. The van der Waals surface area contributed by atoms with Crippen molar-refractivity contribution in [3.63, 3.8) is 0 Å². The molecular weight excluding hydrogens is 579 g/mol. The van der Waals surface area contributed by atoms with Crippen LogP contribution in [0.5, 0.6) is 0 Å². The van der Waals surface area contributed by atoms with Crippen LogP contribution in [0.25, 0.3) is 33.4 Å². The molecule has 1 N–H and O–H groups in total. The first-order valence-electron chi connectivity index (χ1n) is 14.6. The van der Waals surface area contributed by atoms with Crippen molar-refractivity contribution >= 4 is 40.0 Å². The van der Waals surface area contributed by atoms with Crippen molar-refractivity contribution in [2.75, 3.05) is 47.3 Å². The van der Waals surface area contributed by atoms with Gasteiger partial charge in [-0.2, -0.15) is 0 Å². The molecule has 1 amide bonds. The van der Waals surface area contributed by atoms with Crippen LogP contribution in [-0.4, -0.2) is 88.5 Å². The van der Waals surface area contributed by atoms with Gasteiger partial charge in [0.1, 0.15) is 5.69 Å². The first kappa shape index (κ1) is 29.5. The molecule has 0 radical (unpaired) electrons. The second kappa shape index (κ2) is 12.5. The lowest BCUT2D eigenvalue weighted by Crippen LogP contribution is -2.39. The van der Waals surface area contributed by atoms with Crippen molar-refractivity contribution in [3.8, 4) is 22.5 Å². The summed E-state index contributed by atoms with van der Waals surface area (Å²) in [4.78, 5) is 29.3. The van der Waals surface area contributed by atoms with Gasteiger partial charge in [0.25, 0.3) is 5.91 Å². The Morgan fingerprint density at radius 3 is 2.47 bits per heavy atom. The molecule has 2 aromatic heterocycles. The number of aromatic amines is 1. The number of amides is 1. The lowest BCUT2D eigenvalue weighted by atomic mass is 10.0. The monoisotopic (exact) mass is 614 g/mol. The number of halogens is 2. The van der Waals surface area contributed by atoms with Gasteiger partial charge in [-0.1, -0.05) is 71.7 Å². The lowest BCUT2D eigenvalue weighted by Gasteiger charge is -2.26. The summed E-state index contributed by atoms with van der Waals surface area (Å²) in [7, 11) is 6.33. The molecule has 9 heteroatoms. The van der Waals surface area contributed by atoms with Gasteiger partial charge in [-0.15, -0.1) is 0 Å². The summed E-state index contributed by atoms with van der Waals surface area (Å²) in [5.74, 6) is -0.0101. The number of benzene rings is 3. The molecule has 1 aliphatic rings. The van der Waals surface area contributed by atoms with Crippen LogP contribution < -0.4 is 0 Å². The van der Waals surface area contributed by atoms with Crippen molar-refractivity contribution in [1.29, 1.82) is 0 Å². The van der Waals surface area contributed by atoms with E-state index in [9.17, 15) is 4.79 Å². The molecule has 7 nitrogen and oxygen atoms in total. The average Bonchev–Trinajstić information content (AvgIpc) is 3.74. The fraction of sp³-hybridized carbons (Fsp3) is 0.294. The van der Waals surface area contributed by atoms with Gasteiger partial charge in [-0.05, 0) is 57.4 Å². The Hall–Kier alpha value is -3.62. The Morgan fingerprint density at radius 1 is 0.977 bits per heavy atom. The van der Waals surface area contributed by atoms with Crippen LogP contribution in [0.15, 0.2) is 79.1 Å². The largest absolute Gasteiger partial charge is 0.350 e. The normalized spacial score (nSPS) is 15.3. The number of aromatic nitrogens is 3. The summed E-state index contributed by atoms with van der Waals surface area (Å²) in [6.45, 7) is 3.91. The predicted molar refractivity (Wildman–Crippen MR) is 176 cm³/mol. The van der Waals surface area contributed by atoms with E-state index in [0.717, 1.165) is 58.5 Å². The summed E-state index contributed by atoms with van der Waals surface area (Å²) >= 11 is 12.6. The second-order valence-corrected chi connectivity index (χ2v) is 12.5. The number of imidazole rings is 1. The number of fused-ring (bicyclic) bond motifs is 1. The van der Waals surface area contributed by atoms with Gasteiger partial charge in [0.2, 0.25) is 0 Å². The molecule has 0 saturated carbocycles. The smallest absolute Gasteiger partial charge is 0.271 e. The predicted octanol–water partition coefficient (Wildman–Crippen LogP) is 6.76. The van der Waals surface area contributed by atoms with Crippen LogP contribution in [0.4, 0.5) is 0 Å². The highest BCUT2D eigenvalue weighted by Crippen LogP contribution is 2.40. The summed E-state index contributed by atoms with van der Waals surface area (Å²) in [5.41, 5.74) is 6.00. The zero-order chi connectivity index (χ0) is 30.1. The number of likely N-dealkylation sites (tertiary alicyclic amines) is 1. The molecule has 1 atom stereocenters. The van der Waals surface area contributed by atoms with Gasteiger partial charge in [-0.3, -0.25) is 4.79 Å². The van der Waals surface area contributed by atoms with E-state index in [2.05, 4.69) is 52.6 Å². The SMILES string of the molecule is CN(C)CCN(C)C1CCN(C(=O)c2[nH]c3cc(Cl)ccc3c2-c2c(-c3ccccc3)ncn2Cc2ccc(Cl)cc2)C1. The molecule has 0 aliphatic carbocycles. The Morgan fingerprint density at radius 2 is 1.72 bits per heavy atom. The number of carbonyl (C=O) groups is 1. The zero-order valence-electron chi connectivity index (χ0n) is 24.7. The average molecular weight is 616 g/mol. The van der Waals surface area contributed by atoms with E-state index in [1.807, 2.05) is 71.9 Å². The van der Waals surface area contributed by atoms with Gasteiger partial charge in [-0.25, -0.2) is 4.98 Å².